The number of aryl methyl sites for hydroxylation is 1. The standard InChI is InChI=1S/C26H26N4O2S/c1-18-7-9-21(10-8-18)27-24(31)20-11-14-29(15-12-20)26-28-22-13-16-33-23(22)25(32)30(26)17-19-5-3-2-4-6-19/h2-10,13,16,20H,11-12,14-15,17H2,1H3,(H,27,31). The van der Waals surface area contributed by atoms with Gasteiger partial charge >= 0.3 is 0 Å². The number of carbonyl (C=O) groups is 1. The SMILES string of the molecule is Cc1ccc(NC(=O)C2CCN(c3nc4ccsc4c(=O)n3Cc3ccccc3)CC2)cc1. The molecule has 0 bridgehead atoms. The molecule has 1 aliphatic rings. The molecule has 4 aromatic rings. The van der Waals surface area contributed by atoms with E-state index in [-0.39, 0.29) is 17.4 Å². The molecule has 0 spiro atoms. The number of fused-ring (bicyclic) bond motifs is 1. The highest BCUT2D eigenvalue weighted by atomic mass is 32.1. The first-order chi connectivity index (χ1) is 16.1. The Kier molecular flexibility index (Phi) is 5.96. The molecule has 1 aliphatic heterocycles. The highest BCUT2D eigenvalue weighted by Gasteiger charge is 2.28. The molecule has 1 saturated heterocycles. The predicted octanol–water partition coefficient (Wildman–Crippen LogP) is 4.67. The molecule has 2 aromatic carbocycles. The van der Waals surface area contributed by atoms with Crippen molar-refractivity contribution >= 4 is 39.1 Å². The fourth-order valence-corrected chi connectivity index (χ4v) is 5.08. The van der Waals surface area contributed by atoms with Crippen LogP contribution in [0.4, 0.5) is 11.6 Å². The van der Waals surface area contributed by atoms with Crippen LogP contribution in [0.5, 0.6) is 0 Å². The summed E-state index contributed by atoms with van der Waals surface area (Å²) in [7, 11) is 0. The number of rotatable bonds is 5. The molecular weight excluding hydrogens is 432 g/mol. The van der Waals surface area contributed by atoms with Crippen LogP contribution >= 0.6 is 11.3 Å². The Balaban J connectivity index is 1.35. The highest BCUT2D eigenvalue weighted by Crippen LogP contribution is 2.26. The molecule has 3 heterocycles. The summed E-state index contributed by atoms with van der Waals surface area (Å²) in [5.41, 5.74) is 3.79. The van der Waals surface area contributed by atoms with Crippen molar-refractivity contribution in [1.82, 2.24) is 9.55 Å². The third-order valence-corrected chi connectivity index (χ3v) is 7.09. The van der Waals surface area contributed by atoms with Gasteiger partial charge in [-0.2, -0.15) is 0 Å². The van der Waals surface area contributed by atoms with Gasteiger partial charge in [0.25, 0.3) is 5.56 Å². The van der Waals surface area contributed by atoms with Crippen LogP contribution in [0.25, 0.3) is 10.2 Å². The van der Waals surface area contributed by atoms with Crippen LogP contribution in [0.15, 0.2) is 70.8 Å². The normalized spacial score (nSPS) is 14.5. The number of amides is 1. The molecule has 1 amide bonds. The second-order valence-corrected chi connectivity index (χ2v) is 9.46. The van der Waals surface area contributed by atoms with Gasteiger partial charge in [-0.1, -0.05) is 48.0 Å². The van der Waals surface area contributed by atoms with Crippen molar-refractivity contribution in [2.45, 2.75) is 26.3 Å². The van der Waals surface area contributed by atoms with Gasteiger partial charge in [0.15, 0.2) is 0 Å². The van der Waals surface area contributed by atoms with E-state index in [0.29, 0.717) is 30.3 Å². The van der Waals surface area contributed by atoms with Gasteiger partial charge in [0.05, 0.1) is 12.1 Å². The lowest BCUT2D eigenvalue weighted by Gasteiger charge is -2.33. The van der Waals surface area contributed by atoms with E-state index in [1.807, 2.05) is 73.0 Å². The van der Waals surface area contributed by atoms with E-state index in [4.69, 9.17) is 4.98 Å². The van der Waals surface area contributed by atoms with E-state index >= 15 is 0 Å². The van der Waals surface area contributed by atoms with Gasteiger partial charge in [-0.15, -0.1) is 11.3 Å². The fourth-order valence-electron chi connectivity index (χ4n) is 4.30. The minimum Gasteiger partial charge on any atom is -0.342 e. The average molecular weight is 459 g/mol. The summed E-state index contributed by atoms with van der Waals surface area (Å²) in [5.74, 6) is 0.690. The molecule has 1 N–H and O–H groups in total. The summed E-state index contributed by atoms with van der Waals surface area (Å²) in [6.45, 7) is 3.87. The Hall–Kier alpha value is -3.45. The second kappa shape index (κ2) is 9.19. The van der Waals surface area contributed by atoms with Gasteiger partial charge in [0.2, 0.25) is 11.9 Å². The molecular formula is C26H26N4O2S. The molecule has 0 saturated carbocycles. The summed E-state index contributed by atoms with van der Waals surface area (Å²) in [5, 5.41) is 4.95. The number of nitrogens with zero attached hydrogens (tertiary/aromatic N) is 3. The monoisotopic (exact) mass is 458 g/mol. The largest absolute Gasteiger partial charge is 0.342 e. The van der Waals surface area contributed by atoms with E-state index in [9.17, 15) is 9.59 Å². The zero-order chi connectivity index (χ0) is 22.8. The van der Waals surface area contributed by atoms with Crippen LogP contribution in [-0.4, -0.2) is 28.5 Å². The minimum atomic E-state index is -0.0540. The molecule has 5 rings (SSSR count). The summed E-state index contributed by atoms with van der Waals surface area (Å²) < 4.78 is 2.46. The zero-order valence-corrected chi connectivity index (χ0v) is 19.3. The van der Waals surface area contributed by atoms with Crippen molar-refractivity contribution in [3.63, 3.8) is 0 Å². The number of piperidine rings is 1. The van der Waals surface area contributed by atoms with Crippen molar-refractivity contribution in [2.24, 2.45) is 5.92 Å². The fraction of sp³-hybridized carbons (Fsp3) is 0.269. The third-order valence-electron chi connectivity index (χ3n) is 6.20. The van der Waals surface area contributed by atoms with Crippen LogP contribution in [0, 0.1) is 12.8 Å². The molecule has 0 atom stereocenters. The quantitative estimate of drug-likeness (QED) is 0.472. The van der Waals surface area contributed by atoms with Gasteiger partial charge in [-0.05, 0) is 48.9 Å². The predicted molar refractivity (Wildman–Crippen MR) is 134 cm³/mol. The molecule has 0 aliphatic carbocycles. The molecule has 33 heavy (non-hydrogen) atoms. The number of aromatic nitrogens is 2. The Morgan fingerprint density at radius 2 is 1.79 bits per heavy atom. The van der Waals surface area contributed by atoms with Gasteiger partial charge in [-0.25, -0.2) is 4.98 Å². The first-order valence-electron chi connectivity index (χ1n) is 11.2. The number of anilines is 2. The molecule has 168 valence electrons. The van der Waals surface area contributed by atoms with Gasteiger partial charge in [-0.3, -0.25) is 14.2 Å². The summed E-state index contributed by atoms with van der Waals surface area (Å²) in [6.07, 6.45) is 1.45. The third kappa shape index (κ3) is 4.54. The van der Waals surface area contributed by atoms with Crippen molar-refractivity contribution in [3.8, 4) is 0 Å². The van der Waals surface area contributed by atoms with Crippen LogP contribution in [-0.2, 0) is 11.3 Å². The first kappa shape index (κ1) is 21.4. The molecule has 1 fully saturated rings. The minimum absolute atomic E-state index is 0.00640. The first-order valence-corrected chi connectivity index (χ1v) is 12.1. The molecule has 6 nitrogen and oxygen atoms in total. The highest BCUT2D eigenvalue weighted by molar-refractivity contribution is 7.17. The van der Waals surface area contributed by atoms with Gasteiger partial charge in [0, 0.05) is 24.7 Å². The maximum Gasteiger partial charge on any atom is 0.273 e. The molecule has 0 unspecified atom stereocenters. The van der Waals surface area contributed by atoms with Crippen LogP contribution in [0.2, 0.25) is 0 Å². The number of carbonyl (C=O) groups excluding carboxylic acids is 1. The van der Waals surface area contributed by atoms with Crippen LogP contribution in [0.3, 0.4) is 0 Å². The number of hydrogen-bond donors (Lipinski definition) is 1. The van der Waals surface area contributed by atoms with E-state index in [2.05, 4.69) is 10.2 Å². The Morgan fingerprint density at radius 3 is 2.52 bits per heavy atom. The van der Waals surface area contributed by atoms with E-state index < -0.39 is 0 Å². The zero-order valence-electron chi connectivity index (χ0n) is 18.5. The maximum atomic E-state index is 13.3. The summed E-state index contributed by atoms with van der Waals surface area (Å²) in [4.78, 5) is 33.1. The number of thiophene rings is 1. The average Bonchev–Trinajstić information content (AvgIpc) is 3.32. The number of hydrogen-bond acceptors (Lipinski definition) is 5. The van der Waals surface area contributed by atoms with Crippen LogP contribution in [0.1, 0.15) is 24.0 Å². The molecule has 0 radical (unpaired) electrons. The van der Waals surface area contributed by atoms with Crippen molar-refractivity contribution < 1.29 is 4.79 Å². The van der Waals surface area contributed by atoms with Crippen molar-refractivity contribution in [3.05, 3.63) is 87.5 Å². The Morgan fingerprint density at radius 1 is 1.06 bits per heavy atom. The van der Waals surface area contributed by atoms with Gasteiger partial charge < -0.3 is 10.2 Å². The maximum absolute atomic E-state index is 13.3. The molecule has 2 aromatic heterocycles. The smallest absolute Gasteiger partial charge is 0.273 e. The lowest BCUT2D eigenvalue weighted by atomic mass is 9.96. The van der Waals surface area contributed by atoms with Crippen molar-refractivity contribution in [1.29, 1.82) is 0 Å². The van der Waals surface area contributed by atoms with Crippen LogP contribution < -0.4 is 15.8 Å². The molecule has 7 heteroatoms. The van der Waals surface area contributed by atoms with Gasteiger partial charge in [0.1, 0.15) is 4.70 Å². The summed E-state index contributed by atoms with van der Waals surface area (Å²) in [6, 6.07) is 19.7. The van der Waals surface area contributed by atoms with Crippen molar-refractivity contribution in [2.75, 3.05) is 23.3 Å². The lowest BCUT2D eigenvalue weighted by molar-refractivity contribution is -0.120. The second-order valence-electron chi connectivity index (χ2n) is 8.54. The Labute approximate surface area is 196 Å². The number of nitrogens with one attached hydrogen (secondary N) is 1. The van der Waals surface area contributed by atoms with E-state index in [0.717, 1.165) is 35.2 Å². The van der Waals surface area contributed by atoms with E-state index in [1.165, 1.54) is 11.3 Å². The van der Waals surface area contributed by atoms with E-state index in [1.54, 1.807) is 4.57 Å². The topological polar surface area (TPSA) is 67.2 Å². The number of benzene rings is 2. The summed E-state index contributed by atoms with van der Waals surface area (Å²) >= 11 is 1.43. The Bertz CT molecular complexity index is 1320. The lowest BCUT2D eigenvalue weighted by Crippen LogP contribution is -2.41.